The molecule has 3 radical (unpaired) electrons. The van der Waals surface area contributed by atoms with Crippen molar-refractivity contribution in [3.8, 4) is 11.5 Å². The summed E-state index contributed by atoms with van der Waals surface area (Å²) in [5.41, 5.74) is 3.61. The van der Waals surface area contributed by atoms with Crippen molar-refractivity contribution in [1.82, 2.24) is 0 Å². The molecule has 0 amide bonds. The molecule has 0 aliphatic rings. The fraction of sp³-hybridized carbons (Fsp3) is 0.538. The summed E-state index contributed by atoms with van der Waals surface area (Å²) < 4.78 is 11.3. The van der Waals surface area contributed by atoms with Crippen LogP contribution in [0.2, 0.25) is 0 Å². The van der Waals surface area contributed by atoms with E-state index in [2.05, 4.69) is 31.0 Å². The van der Waals surface area contributed by atoms with Gasteiger partial charge in [0.15, 0.2) is 11.5 Å². The molecular weight excluding hydrogens is 216 g/mol. The number of hydrogen-bond acceptors (Lipinski definition) is 2. The van der Waals surface area contributed by atoms with Crippen LogP contribution >= 0.6 is 0 Å². The fourth-order valence-electron chi connectivity index (χ4n) is 1.69. The van der Waals surface area contributed by atoms with E-state index in [1.54, 1.807) is 0 Å². The topological polar surface area (TPSA) is 18.5 Å². The van der Waals surface area contributed by atoms with Crippen LogP contribution in [0.1, 0.15) is 30.5 Å². The zero-order valence-corrected chi connectivity index (χ0v) is 11.7. The SMILES string of the molecule is CCOc1c(C)c(C)c(C)c([Si])c1OCC. The molecule has 0 spiro atoms. The zero-order valence-electron chi connectivity index (χ0n) is 10.7. The van der Waals surface area contributed by atoms with Crippen LogP contribution in [0, 0.1) is 20.8 Å². The average Bonchev–Trinajstić information content (AvgIpc) is 2.28. The van der Waals surface area contributed by atoms with E-state index in [1.807, 2.05) is 13.8 Å². The minimum atomic E-state index is 0.638. The Bertz CT molecular complexity index is 349. The Morgan fingerprint density at radius 2 is 1.31 bits per heavy atom. The lowest BCUT2D eigenvalue weighted by molar-refractivity contribution is 0.288. The van der Waals surface area contributed by atoms with Crippen molar-refractivity contribution in [3.63, 3.8) is 0 Å². The van der Waals surface area contributed by atoms with Gasteiger partial charge in [0.25, 0.3) is 0 Å². The molecule has 0 aliphatic carbocycles. The summed E-state index contributed by atoms with van der Waals surface area (Å²) in [4.78, 5) is 0. The standard InChI is InChI=1S/C13H19O2Si/c1-6-14-11-9(4)8(3)10(5)13(16)12(11)15-7-2/h6-7H2,1-5H3. The van der Waals surface area contributed by atoms with Gasteiger partial charge in [0, 0.05) is 0 Å². The molecule has 16 heavy (non-hydrogen) atoms. The summed E-state index contributed by atoms with van der Waals surface area (Å²) in [6, 6.07) is 0. The molecule has 2 nitrogen and oxygen atoms in total. The van der Waals surface area contributed by atoms with Crippen molar-refractivity contribution in [1.29, 1.82) is 0 Å². The lowest BCUT2D eigenvalue weighted by atomic mass is 10.0. The minimum absolute atomic E-state index is 0.638. The normalized spacial score (nSPS) is 10.4. The van der Waals surface area contributed by atoms with Gasteiger partial charge in [-0.25, -0.2) is 0 Å². The smallest absolute Gasteiger partial charge is 0.164 e. The van der Waals surface area contributed by atoms with Crippen LogP contribution in [0.4, 0.5) is 0 Å². The molecule has 0 saturated heterocycles. The Kier molecular flexibility index (Phi) is 4.41. The Labute approximate surface area is 101 Å². The van der Waals surface area contributed by atoms with Crippen LogP contribution in [0.5, 0.6) is 11.5 Å². The Balaban J connectivity index is 3.42. The second kappa shape index (κ2) is 5.39. The summed E-state index contributed by atoms with van der Waals surface area (Å²) in [5.74, 6) is 1.68. The molecule has 0 bridgehead atoms. The third-order valence-electron chi connectivity index (χ3n) is 2.85. The molecule has 87 valence electrons. The van der Waals surface area contributed by atoms with Crippen LogP contribution in [0.15, 0.2) is 0 Å². The summed E-state index contributed by atoms with van der Waals surface area (Å²) in [6.07, 6.45) is 0. The van der Waals surface area contributed by atoms with E-state index in [4.69, 9.17) is 9.47 Å². The molecule has 0 aromatic heterocycles. The highest BCUT2D eigenvalue weighted by molar-refractivity contribution is 6.35. The van der Waals surface area contributed by atoms with E-state index in [9.17, 15) is 0 Å². The molecule has 3 heteroatoms. The second-order valence-electron chi connectivity index (χ2n) is 3.77. The Hall–Kier alpha value is -0.963. The van der Waals surface area contributed by atoms with Gasteiger partial charge in [0.1, 0.15) is 0 Å². The molecular formula is C13H19O2Si. The fourth-order valence-corrected chi connectivity index (χ4v) is 2.07. The van der Waals surface area contributed by atoms with E-state index >= 15 is 0 Å². The third-order valence-corrected chi connectivity index (χ3v) is 3.45. The monoisotopic (exact) mass is 235 g/mol. The number of hydrogen-bond donors (Lipinski definition) is 0. The zero-order chi connectivity index (χ0) is 12.3. The van der Waals surface area contributed by atoms with Crippen LogP contribution in [-0.2, 0) is 0 Å². The highest BCUT2D eigenvalue weighted by Gasteiger charge is 2.16. The molecule has 0 atom stereocenters. The number of ether oxygens (including phenoxy) is 2. The summed E-state index contributed by atoms with van der Waals surface area (Å²) in [7, 11) is 3.64. The van der Waals surface area contributed by atoms with E-state index in [-0.39, 0.29) is 0 Å². The Morgan fingerprint density at radius 1 is 0.812 bits per heavy atom. The lowest BCUT2D eigenvalue weighted by Crippen LogP contribution is -2.17. The van der Waals surface area contributed by atoms with Crippen molar-refractivity contribution in [2.75, 3.05) is 13.2 Å². The van der Waals surface area contributed by atoms with E-state index in [0.717, 1.165) is 22.2 Å². The molecule has 0 N–H and O–H groups in total. The molecule has 0 aliphatic heterocycles. The first kappa shape index (κ1) is 13.1. The number of rotatable bonds is 4. The molecule has 0 fully saturated rings. The molecule has 1 aromatic carbocycles. The summed E-state index contributed by atoms with van der Waals surface area (Å²) >= 11 is 0. The molecule has 0 heterocycles. The maximum Gasteiger partial charge on any atom is 0.164 e. The van der Waals surface area contributed by atoms with Gasteiger partial charge in [-0.15, -0.1) is 0 Å². The average molecular weight is 235 g/mol. The second-order valence-corrected chi connectivity index (χ2v) is 4.27. The highest BCUT2D eigenvalue weighted by atomic mass is 28.1. The van der Waals surface area contributed by atoms with Gasteiger partial charge < -0.3 is 9.47 Å². The highest BCUT2D eigenvalue weighted by Crippen LogP contribution is 2.33. The lowest BCUT2D eigenvalue weighted by Gasteiger charge is -2.20. The maximum absolute atomic E-state index is 5.68. The van der Waals surface area contributed by atoms with Crippen molar-refractivity contribution in [3.05, 3.63) is 16.7 Å². The minimum Gasteiger partial charge on any atom is -0.490 e. The van der Waals surface area contributed by atoms with Crippen LogP contribution in [0.3, 0.4) is 0 Å². The summed E-state index contributed by atoms with van der Waals surface area (Å²) in [5, 5.41) is 0.994. The van der Waals surface area contributed by atoms with E-state index in [1.165, 1.54) is 11.1 Å². The largest absolute Gasteiger partial charge is 0.490 e. The molecule has 1 rings (SSSR count). The predicted molar refractivity (Wildman–Crippen MR) is 68.4 cm³/mol. The predicted octanol–water partition coefficient (Wildman–Crippen LogP) is 2.20. The van der Waals surface area contributed by atoms with Gasteiger partial charge in [-0.2, -0.15) is 0 Å². The van der Waals surface area contributed by atoms with Gasteiger partial charge in [0.2, 0.25) is 0 Å². The van der Waals surface area contributed by atoms with Gasteiger partial charge in [0.05, 0.1) is 23.5 Å². The quantitative estimate of drug-likeness (QED) is 0.745. The van der Waals surface area contributed by atoms with Crippen molar-refractivity contribution < 1.29 is 9.47 Å². The first-order chi connectivity index (χ1) is 7.54. The van der Waals surface area contributed by atoms with Crippen molar-refractivity contribution in [2.45, 2.75) is 34.6 Å². The van der Waals surface area contributed by atoms with Gasteiger partial charge in [-0.1, -0.05) is 0 Å². The molecule has 0 saturated carbocycles. The van der Waals surface area contributed by atoms with E-state index in [0.29, 0.717) is 13.2 Å². The van der Waals surface area contributed by atoms with Gasteiger partial charge in [-0.05, 0) is 56.5 Å². The summed E-state index contributed by atoms with van der Waals surface area (Å²) in [6.45, 7) is 11.5. The maximum atomic E-state index is 5.68. The number of benzene rings is 1. The van der Waals surface area contributed by atoms with Crippen molar-refractivity contribution in [2.24, 2.45) is 0 Å². The Morgan fingerprint density at radius 3 is 1.81 bits per heavy atom. The van der Waals surface area contributed by atoms with Crippen LogP contribution in [-0.4, -0.2) is 23.5 Å². The molecule has 1 aromatic rings. The van der Waals surface area contributed by atoms with Crippen LogP contribution < -0.4 is 14.7 Å². The first-order valence-corrected chi connectivity index (χ1v) is 6.15. The van der Waals surface area contributed by atoms with Crippen LogP contribution in [0.25, 0.3) is 0 Å². The van der Waals surface area contributed by atoms with Gasteiger partial charge in [-0.3, -0.25) is 0 Å². The van der Waals surface area contributed by atoms with Gasteiger partial charge >= 0.3 is 0 Å². The third kappa shape index (κ3) is 2.24. The van der Waals surface area contributed by atoms with E-state index < -0.39 is 0 Å². The first-order valence-electron chi connectivity index (χ1n) is 5.65. The van der Waals surface area contributed by atoms with Crippen molar-refractivity contribution >= 4 is 15.4 Å². The molecule has 0 unspecified atom stereocenters.